The maximum atomic E-state index is 11.9. The van der Waals surface area contributed by atoms with Gasteiger partial charge in [0.1, 0.15) is 5.75 Å². The fraction of sp³-hybridized carbons (Fsp3) is 0.0625. The third-order valence-electron chi connectivity index (χ3n) is 2.96. The second-order valence-electron chi connectivity index (χ2n) is 4.57. The van der Waals surface area contributed by atoms with Crippen LogP contribution in [0.15, 0.2) is 48.5 Å². The highest BCUT2D eigenvalue weighted by molar-refractivity contribution is 6.39. The highest BCUT2D eigenvalue weighted by Gasteiger charge is 2.16. The molecule has 0 aliphatic carbocycles. The van der Waals surface area contributed by atoms with Crippen molar-refractivity contribution in [3.63, 3.8) is 0 Å². The summed E-state index contributed by atoms with van der Waals surface area (Å²) >= 11 is 5.87. The Kier molecular flexibility index (Phi) is 5.75. The molecule has 0 aromatic heterocycles. The molecule has 0 spiro atoms. The van der Waals surface area contributed by atoms with E-state index in [0.717, 1.165) is 0 Å². The Morgan fingerprint density at radius 1 is 0.917 bits per heavy atom. The average molecular weight is 348 g/mol. The van der Waals surface area contributed by atoms with Gasteiger partial charge in [-0.2, -0.15) is 0 Å². The zero-order valence-electron chi connectivity index (χ0n) is 12.6. The number of halogens is 1. The number of hydrazine groups is 1. The fourth-order valence-electron chi connectivity index (χ4n) is 1.75. The molecule has 24 heavy (non-hydrogen) atoms. The number of methoxy groups -OCH3 is 1. The van der Waals surface area contributed by atoms with E-state index in [9.17, 15) is 14.4 Å². The summed E-state index contributed by atoms with van der Waals surface area (Å²) in [6.45, 7) is 0. The summed E-state index contributed by atoms with van der Waals surface area (Å²) in [6.07, 6.45) is 0. The van der Waals surface area contributed by atoms with Crippen LogP contribution in [-0.2, 0) is 9.59 Å². The molecule has 2 aromatic carbocycles. The second kappa shape index (κ2) is 7.98. The van der Waals surface area contributed by atoms with Gasteiger partial charge >= 0.3 is 11.8 Å². The van der Waals surface area contributed by atoms with Gasteiger partial charge in [0.2, 0.25) is 0 Å². The van der Waals surface area contributed by atoms with E-state index in [1.54, 1.807) is 36.4 Å². The lowest BCUT2D eigenvalue weighted by atomic mass is 10.2. The minimum absolute atomic E-state index is 0.176. The summed E-state index contributed by atoms with van der Waals surface area (Å²) in [5.74, 6) is -1.97. The molecule has 0 saturated carbocycles. The molecule has 3 N–H and O–H groups in total. The van der Waals surface area contributed by atoms with E-state index < -0.39 is 17.7 Å². The van der Waals surface area contributed by atoms with Crippen LogP contribution in [0.5, 0.6) is 5.75 Å². The number of anilines is 1. The summed E-state index contributed by atoms with van der Waals surface area (Å²) in [5, 5.41) is 2.61. The Labute approximate surface area is 142 Å². The third kappa shape index (κ3) is 4.47. The summed E-state index contributed by atoms with van der Waals surface area (Å²) in [4.78, 5) is 35.3. The number of amides is 3. The van der Waals surface area contributed by atoms with Gasteiger partial charge in [0.15, 0.2) is 0 Å². The van der Waals surface area contributed by atoms with Crippen LogP contribution < -0.4 is 20.9 Å². The molecule has 0 bridgehead atoms. The molecule has 0 aliphatic heterocycles. The predicted octanol–water partition coefficient (Wildman–Crippen LogP) is 1.75. The van der Waals surface area contributed by atoms with E-state index in [4.69, 9.17) is 16.3 Å². The molecule has 0 heterocycles. The smallest absolute Gasteiger partial charge is 0.328 e. The monoisotopic (exact) mass is 347 g/mol. The van der Waals surface area contributed by atoms with Gasteiger partial charge in [-0.05, 0) is 36.4 Å². The number of carbonyl (C=O) groups excluding carboxylic acids is 3. The zero-order valence-corrected chi connectivity index (χ0v) is 13.4. The van der Waals surface area contributed by atoms with Crippen molar-refractivity contribution in [2.45, 2.75) is 0 Å². The van der Waals surface area contributed by atoms with Gasteiger partial charge in [-0.15, -0.1) is 0 Å². The summed E-state index contributed by atoms with van der Waals surface area (Å²) < 4.78 is 4.99. The molecule has 7 nitrogen and oxygen atoms in total. The molecule has 2 rings (SSSR count). The number of hydrogen-bond acceptors (Lipinski definition) is 4. The highest BCUT2D eigenvalue weighted by atomic mass is 35.5. The van der Waals surface area contributed by atoms with Crippen LogP contribution in [0.1, 0.15) is 10.4 Å². The van der Waals surface area contributed by atoms with Crippen molar-refractivity contribution < 1.29 is 19.1 Å². The van der Waals surface area contributed by atoms with Gasteiger partial charge in [-0.25, -0.2) is 0 Å². The Balaban J connectivity index is 1.88. The van der Waals surface area contributed by atoms with Crippen molar-refractivity contribution in [2.75, 3.05) is 12.4 Å². The van der Waals surface area contributed by atoms with Crippen molar-refractivity contribution in [1.29, 1.82) is 0 Å². The van der Waals surface area contributed by atoms with Gasteiger partial charge in [0.25, 0.3) is 5.91 Å². The van der Waals surface area contributed by atoms with E-state index >= 15 is 0 Å². The number of hydrogen-bond donors (Lipinski definition) is 3. The van der Waals surface area contributed by atoms with Gasteiger partial charge in [-0.1, -0.05) is 23.7 Å². The first-order valence-corrected chi connectivity index (χ1v) is 7.19. The lowest BCUT2D eigenvalue weighted by Crippen LogP contribution is -2.46. The maximum Gasteiger partial charge on any atom is 0.328 e. The van der Waals surface area contributed by atoms with Gasteiger partial charge in [0.05, 0.1) is 17.7 Å². The Bertz CT molecular complexity index is 762. The van der Waals surface area contributed by atoms with Crippen LogP contribution in [-0.4, -0.2) is 24.8 Å². The van der Waals surface area contributed by atoms with E-state index in [-0.39, 0.29) is 10.6 Å². The van der Waals surface area contributed by atoms with E-state index in [1.807, 2.05) is 5.43 Å². The predicted molar refractivity (Wildman–Crippen MR) is 88.7 cm³/mol. The molecule has 124 valence electrons. The lowest BCUT2D eigenvalue weighted by molar-refractivity contribution is -0.136. The maximum absolute atomic E-state index is 11.9. The van der Waals surface area contributed by atoms with Crippen molar-refractivity contribution in [3.05, 3.63) is 59.1 Å². The normalized spacial score (nSPS) is 9.75. The number of carbonyl (C=O) groups is 3. The third-order valence-corrected chi connectivity index (χ3v) is 3.29. The van der Waals surface area contributed by atoms with Gasteiger partial charge in [-0.3, -0.25) is 25.2 Å². The average Bonchev–Trinajstić information content (AvgIpc) is 2.60. The van der Waals surface area contributed by atoms with Gasteiger partial charge < -0.3 is 10.1 Å². The first-order chi connectivity index (χ1) is 11.5. The number of nitrogens with one attached hydrogen (secondary N) is 3. The van der Waals surface area contributed by atoms with Crippen molar-refractivity contribution in [3.8, 4) is 5.75 Å². The molecule has 0 radical (unpaired) electrons. The molecule has 3 amide bonds. The molecule has 0 saturated heterocycles. The molecule has 8 heteroatoms. The summed E-state index contributed by atoms with van der Waals surface area (Å²) in [5.41, 5.74) is 4.72. The Morgan fingerprint density at radius 3 is 2.21 bits per heavy atom. The zero-order chi connectivity index (χ0) is 17.5. The summed E-state index contributed by atoms with van der Waals surface area (Å²) in [7, 11) is 1.52. The van der Waals surface area contributed by atoms with E-state index in [0.29, 0.717) is 11.4 Å². The molecule has 0 fully saturated rings. The quantitative estimate of drug-likeness (QED) is 0.582. The topological polar surface area (TPSA) is 96.5 Å². The van der Waals surface area contributed by atoms with Crippen LogP contribution in [0.25, 0.3) is 0 Å². The van der Waals surface area contributed by atoms with Gasteiger partial charge in [0, 0.05) is 5.69 Å². The number of benzene rings is 2. The van der Waals surface area contributed by atoms with Crippen LogP contribution in [0.2, 0.25) is 5.02 Å². The molecule has 2 aromatic rings. The van der Waals surface area contributed by atoms with E-state index in [2.05, 4.69) is 10.7 Å². The number of ether oxygens (including phenoxy) is 1. The molecule has 0 unspecified atom stereocenters. The second-order valence-corrected chi connectivity index (χ2v) is 4.98. The lowest BCUT2D eigenvalue weighted by Gasteiger charge is -2.09. The van der Waals surface area contributed by atoms with E-state index in [1.165, 1.54) is 19.2 Å². The van der Waals surface area contributed by atoms with Crippen molar-refractivity contribution >= 4 is 35.0 Å². The largest absolute Gasteiger partial charge is 0.497 e. The van der Waals surface area contributed by atoms with Crippen LogP contribution >= 0.6 is 11.6 Å². The minimum atomic E-state index is -1.02. The first kappa shape index (κ1) is 17.3. The standard InChI is InChI=1S/C16H14ClN3O4/c1-24-11-8-6-10(7-9-11)18-15(22)16(23)20-19-14(21)12-4-2-3-5-13(12)17/h2-9H,1H3,(H,18,22)(H,19,21)(H,20,23). The Hall–Kier alpha value is -3.06. The van der Waals surface area contributed by atoms with Crippen molar-refractivity contribution in [1.82, 2.24) is 10.9 Å². The highest BCUT2D eigenvalue weighted by Crippen LogP contribution is 2.15. The van der Waals surface area contributed by atoms with Crippen LogP contribution in [0, 0.1) is 0 Å². The molecular formula is C16H14ClN3O4. The number of rotatable bonds is 3. The molecule has 0 atom stereocenters. The SMILES string of the molecule is COc1ccc(NC(=O)C(=O)NNC(=O)c2ccccc2Cl)cc1. The van der Waals surface area contributed by atoms with Crippen LogP contribution in [0.3, 0.4) is 0 Å². The van der Waals surface area contributed by atoms with Crippen LogP contribution in [0.4, 0.5) is 5.69 Å². The fourth-order valence-corrected chi connectivity index (χ4v) is 1.97. The molecular weight excluding hydrogens is 334 g/mol. The molecule has 0 aliphatic rings. The Morgan fingerprint density at radius 2 is 1.58 bits per heavy atom. The first-order valence-electron chi connectivity index (χ1n) is 6.81. The summed E-state index contributed by atoms with van der Waals surface area (Å²) in [6, 6.07) is 12.7. The van der Waals surface area contributed by atoms with Crippen molar-refractivity contribution in [2.24, 2.45) is 0 Å². The minimum Gasteiger partial charge on any atom is -0.497 e.